The summed E-state index contributed by atoms with van der Waals surface area (Å²) in [5.41, 5.74) is 2.25. The minimum Gasteiger partial charge on any atom is -0.353 e. The molecule has 1 aromatic carbocycles. The fraction of sp³-hybridized carbons (Fsp3) is 0.579. The van der Waals surface area contributed by atoms with Crippen molar-refractivity contribution in [3.05, 3.63) is 35.4 Å². The zero-order valence-corrected chi connectivity index (χ0v) is 15.6. The van der Waals surface area contributed by atoms with Crippen LogP contribution in [-0.4, -0.2) is 50.4 Å². The standard InChI is InChI=1S/C19H31N3O2/c1-14(2)12-16-6-8-17(9-7-16)15(3)19(24)21-13-18(23)20-10-11-22(4)5/h6-9,14-15H,10-13H2,1-5H3,(H,20,23)(H,21,24). The molecule has 0 radical (unpaired) electrons. The van der Waals surface area contributed by atoms with E-state index in [1.165, 1.54) is 5.56 Å². The third-order valence-corrected chi connectivity index (χ3v) is 3.82. The van der Waals surface area contributed by atoms with Crippen LogP contribution in [-0.2, 0) is 16.0 Å². The molecule has 5 heteroatoms. The molecular formula is C19H31N3O2. The van der Waals surface area contributed by atoms with Crippen molar-refractivity contribution in [2.75, 3.05) is 33.7 Å². The van der Waals surface area contributed by atoms with Gasteiger partial charge in [0.2, 0.25) is 11.8 Å². The molecule has 0 aliphatic rings. The van der Waals surface area contributed by atoms with Crippen molar-refractivity contribution in [3.63, 3.8) is 0 Å². The van der Waals surface area contributed by atoms with Crippen LogP contribution in [0, 0.1) is 5.92 Å². The quantitative estimate of drug-likeness (QED) is 0.724. The second-order valence-electron chi connectivity index (χ2n) is 6.93. The van der Waals surface area contributed by atoms with Gasteiger partial charge in [-0.2, -0.15) is 0 Å². The van der Waals surface area contributed by atoms with Crippen LogP contribution in [0.3, 0.4) is 0 Å². The van der Waals surface area contributed by atoms with E-state index in [1.807, 2.05) is 38.1 Å². The van der Waals surface area contributed by atoms with Gasteiger partial charge in [-0.15, -0.1) is 0 Å². The van der Waals surface area contributed by atoms with Gasteiger partial charge < -0.3 is 15.5 Å². The average molecular weight is 333 g/mol. The predicted octanol–water partition coefficient (Wildman–Crippen LogP) is 1.78. The van der Waals surface area contributed by atoms with E-state index in [0.29, 0.717) is 12.5 Å². The molecule has 0 saturated heterocycles. The number of nitrogens with zero attached hydrogens (tertiary/aromatic N) is 1. The van der Waals surface area contributed by atoms with E-state index >= 15 is 0 Å². The molecule has 0 heterocycles. The maximum atomic E-state index is 12.2. The Morgan fingerprint density at radius 2 is 1.67 bits per heavy atom. The van der Waals surface area contributed by atoms with Crippen molar-refractivity contribution in [1.29, 1.82) is 0 Å². The lowest BCUT2D eigenvalue weighted by Crippen LogP contribution is -2.40. The molecule has 0 aromatic heterocycles. The van der Waals surface area contributed by atoms with Gasteiger partial charge >= 0.3 is 0 Å². The number of hydrogen-bond acceptors (Lipinski definition) is 3. The Hall–Kier alpha value is -1.88. The number of nitrogens with one attached hydrogen (secondary N) is 2. The topological polar surface area (TPSA) is 61.4 Å². The summed E-state index contributed by atoms with van der Waals surface area (Å²) in [4.78, 5) is 25.9. The Morgan fingerprint density at radius 1 is 1.04 bits per heavy atom. The maximum absolute atomic E-state index is 12.2. The average Bonchev–Trinajstić information content (AvgIpc) is 2.51. The summed E-state index contributed by atoms with van der Waals surface area (Å²) in [6, 6.07) is 8.15. The number of likely N-dealkylation sites (N-methyl/N-ethyl adjacent to an activating group) is 1. The third-order valence-electron chi connectivity index (χ3n) is 3.82. The molecule has 1 atom stereocenters. The Labute approximate surface area is 145 Å². The van der Waals surface area contributed by atoms with Gasteiger partial charge in [0.15, 0.2) is 0 Å². The zero-order chi connectivity index (χ0) is 18.1. The van der Waals surface area contributed by atoms with E-state index in [4.69, 9.17) is 0 Å². The van der Waals surface area contributed by atoms with E-state index in [2.05, 4.69) is 36.6 Å². The van der Waals surface area contributed by atoms with Crippen LogP contribution in [0.2, 0.25) is 0 Å². The Balaban J connectivity index is 2.42. The third kappa shape index (κ3) is 7.59. The lowest BCUT2D eigenvalue weighted by atomic mass is 9.96. The number of hydrogen-bond donors (Lipinski definition) is 2. The monoisotopic (exact) mass is 333 g/mol. The Bertz CT molecular complexity index is 524. The van der Waals surface area contributed by atoms with Crippen molar-refractivity contribution >= 4 is 11.8 Å². The summed E-state index contributed by atoms with van der Waals surface area (Å²) in [6.07, 6.45) is 1.04. The first-order chi connectivity index (χ1) is 11.3. The zero-order valence-electron chi connectivity index (χ0n) is 15.6. The summed E-state index contributed by atoms with van der Waals surface area (Å²) < 4.78 is 0. The first kappa shape index (κ1) is 20.2. The lowest BCUT2D eigenvalue weighted by molar-refractivity contribution is -0.126. The van der Waals surface area contributed by atoms with E-state index in [9.17, 15) is 9.59 Å². The van der Waals surface area contributed by atoms with Gasteiger partial charge in [0, 0.05) is 13.1 Å². The van der Waals surface area contributed by atoms with Gasteiger partial charge in [-0.3, -0.25) is 9.59 Å². The molecule has 2 N–H and O–H groups in total. The molecule has 5 nitrogen and oxygen atoms in total. The number of amides is 2. The number of carbonyl (C=O) groups excluding carboxylic acids is 2. The molecule has 0 aliphatic carbocycles. The maximum Gasteiger partial charge on any atom is 0.239 e. The summed E-state index contributed by atoms with van der Waals surface area (Å²) in [5.74, 6) is 0.0503. The molecule has 0 fully saturated rings. The largest absolute Gasteiger partial charge is 0.353 e. The van der Waals surface area contributed by atoms with E-state index < -0.39 is 0 Å². The molecule has 0 aliphatic heterocycles. The van der Waals surface area contributed by atoms with Gasteiger partial charge in [0.1, 0.15) is 0 Å². The summed E-state index contributed by atoms with van der Waals surface area (Å²) in [6.45, 7) is 7.60. The first-order valence-corrected chi connectivity index (χ1v) is 8.57. The van der Waals surface area contributed by atoms with E-state index in [0.717, 1.165) is 18.5 Å². The van der Waals surface area contributed by atoms with Crippen LogP contribution in [0.25, 0.3) is 0 Å². The van der Waals surface area contributed by atoms with E-state index in [-0.39, 0.29) is 24.3 Å². The van der Waals surface area contributed by atoms with Crippen molar-refractivity contribution in [1.82, 2.24) is 15.5 Å². The summed E-state index contributed by atoms with van der Waals surface area (Å²) in [7, 11) is 3.89. The van der Waals surface area contributed by atoms with Gasteiger partial charge in [0.05, 0.1) is 12.5 Å². The van der Waals surface area contributed by atoms with Crippen LogP contribution >= 0.6 is 0 Å². The van der Waals surface area contributed by atoms with Gasteiger partial charge in [0.25, 0.3) is 0 Å². The molecular weight excluding hydrogens is 302 g/mol. The minimum atomic E-state index is -0.271. The highest BCUT2D eigenvalue weighted by atomic mass is 16.2. The molecule has 0 saturated carbocycles. The molecule has 134 valence electrons. The normalized spacial score (nSPS) is 12.3. The van der Waals surface area contributed by atoms with Crippen molar-refractivity contribution in [3.8, 4) is 0 Å². The van der Waals surface area contributed by atoms with Crippen LogP contribution in [0.4, 0.5) is 0 Å². The van der Waals surface area contributed by atoms with Crippen LogP contribution in [0.1, 0.15) is 37.8 Å². The fourth-order valence-corrected chi connectivity index (χ4v) is 2.37. The predicted molar refractivity (Wildman–Crippen MR) is 98.0 cm³/mol. The molecule has 24 heavy (non-hydrogen) atoms. The van der Waals surface area contributed by atoms with Gasteiger partial charge in [-0.1, -0.05) is 38.1 Å². The number of benzene rings is 1. The van der Waals surface area contributed by atoms with E-state index in [1.54, 1.807) is 0 Å². The smallest absolute Gasteiger partial charge is 0.239 e. The van der Waals surface area contributed by atoms with Crippen LogP contribution in [0.15, 0.2) is 24.3 Å². The van der Waals surface area contributed by atoms with Crippen molar-refractivity contribution in [2.45, 2.75) is 33.1 Å². The number of rotatable bonds is 9. The molecule has 1 aromatic rings. The SMILES string of the molecule is CC(C)Cc1ccc(C(C)C(=O)NCC(=O)NCCN(C)C)cc1. The molecule has 2 amide bonds. The summed E-state index contributed by atoms with van der Waals surface area (Å²) in [5, 5.41) is 5.48. The first-order valence-electron chi connectivity index (χ1n) is 8.57. The Morgan fingerprint density at radius 3 is 2.21 bits per heavy atom. The second-order valence-corrected chi connectivity index (χ2v) is 6.93. The van der Waals surface area contributed by atoms with Crippen molar-refractivity contribution in [2.24, 2.45) is 5.92 Å². The highest BCUT2D eigenvalue weighted by Crippen LogP contribution is 2.17. The molecule has 0 spiro atoms. The second kappa shape index (κ2) is 10.1. The molecule has 1 rings (SSSR count). The summed E-state index contributed by atoms with van der Waals surface area (Å²) >= 11 is 0. The number of carbonyl (C=O) groups is 2. The molecule has 1 unspecified atom stereocenters. The minimum absolute atomic E-state index is 0.0159. The lowest BCUT2D eigenvalue weighted by Gasteiger charge is -2.14. The van der Waals surface area contributed by atoms with Gasteiger partial charge in [-0.25, -0.2) is 0 Å². The Kier molecular flexibility index (Phi) is 8.47. The van der Waals surface area contributed by atoms with Crippen LogP contribution in [0.5, 0.6) is 0 Å². The van der Waals surface area contributed by atoms with Crippen molar-refractivity contribution < 1.29 is 9.59 Å². The van der Waals surface area contributed by atoms with Gasteiger partial charge in [-0.05, 0) is 44.5 Å². The highest BCUT2D eigenvalue weighted by Gasteiger charge is 2.16. The fourth-order valence-electron chi connectivity index (χ4n) is 2.37. The highest BCUT2D eigenvalue weighted by molar-refractivity contribution is 5.88. The molecule has 0 bridgehead atoms. The van der Waals surface area contributed by atoms with Crippen LogP contribution < -0.4 is 10.6 Å².